The Morgan fingerprint density at radius 2 is 1.93 bits per heavy atom. The molecule has 1 aliphatic rings. The molecule has 1 aliphatic heterocycles. The summed E-state index contributed by atoms with van der Waals surface area (Å²) in [5, 5.41) is 19.7. The van der Waals surface area contributed by atoms with Gasteiger partial charge < -0.3 is 19.8 Å². The number of carbonyl (C=O) groups excluding carboxylic acids is 1. The van der Waals surface area contributed by atoms with Crippen molar-refractivity contribution in [3.63, 3.8) is 0 Å². The van der Waals surface area contributed by atoms with Gasteiger partial charge in [-0.05, 0) is 31.2 Å². The van der Waals surface area contributed by atoms with Crippen LogP contribution in [0.2, 0.25) is 0 Å². The molecule has 0 bridgehead atoms. The number of thiazole rings is 1. The number of piperidine rings is 1. The van der Waals surface area contributed by atoms with E-state index in [-0.39, 0.29) is 44.3 Å². The largest absolute Gasteiger partial charge is 0.486 e. The van der Waals surface area contributed by atoms with E-state index in [2.05, 4.69) is 4.98 Å². The van der Waals surface area contributed by atoms with Crippen molar-refractivity contribution >= 4 is 23.2 Å². The molecule has 0 radical (unpaired) electrons. The summed E-state index contributed by atoms with van der Waals surface area (Å²) in [4.78, 5) is 30.1. The first-order valence-electron chi connectivity index (χ1n) is 8.38. The Morgan fingerprint density at radius 1 is 1.30 bits per heavy atom. The van der Waals surface area contributed by atoms with E-state index in [0.29, 0.717) is 21.3 Å². The van der Waals surface area contributed by atoms with Gasteiger partial charge in [0, 0.05) is 25.9 Å². The molecule has 0 unspecified atom stereocenters. The van der Waals surface area contributed by atoms with Crippen molar-refractivity contribution < 1.29 is 28.9 Å². The van der Waals surface area contributed by atoms with Gasteiger partial charge in [-0.25, -0.2) is 14.2 Å². The highest BCUT2D eigenvalue weighted by atomic mass is 32.1. The zero-order valence-electron chi connectivity index (χ0n) is 14.6. The van der Waals surface area contributed by atoms with Crippen molar-refractivity contribution in [3.8, 4) is 5.75 Å². The van der Waals surface area contributed by atoms with Crippen molar-refractivity contribution in [3.05, 3.63) is 45.7 Å². The molecule has 1 aromatic heterocycles. The minimum absolute atomic E-state index is 0.00748. The maximum Gasteiger partial charge on any atom is 0.335 e. The molecule has 3 rings (SSSR count). The summed E-state index contributed by atoms with van der Waals surface area (Å²) < 4.78 is 18.5. The summed E-state index contributed by atoms with van der Waals surface area (Å²) in [5.74, 6) is -1.34. The fraction of sp³-hybridized carbons (Fsp3) is 0.389. The lowest BCUT2D eigenvalue weighted by molar-refractivity contribution is -0.162. The summed E-state index contributed by atoms with van der Waals surface area (Å²) in [7, 11) is 0. The van der Waals surface area contributed by atoms with Crippen LogP contribution in [0.5, 0.6) is 5.75 Å². The number of aliphatic carboxylic acids is 1. The molecule has 7 nitrogen and oxygen atoms in total. The van der Waals surface area contributed by atoms with Gasteiger partial charge in [0.1, 0.15) is 28.1 Å². The molecule has 9 heteroatoms. The Bertz CT molecular complexity index is 844. The topological polar surface area (TPSA) is 100.0 Å². The number of aromatic nitrogens is 1. The minimum atomic E-state index is -1.77. The molecule has 1 amide bonds. The van der Waals surface area contributed by atoms with E-state index in [9.17, 15) is 19.1 Å². The van der Waals surface area contributed by atoms with Crippen LogP contribution in [0.15, 0.2) is 24.3 Å². The van der Waals surface area contributed by atoms with Gasteiger partial charge in [-0.3, -0.25) is 4.79 Å². The van der Waals surface area contributed by atoms with Gasteiger partial charge in [0.2, 0.25) is 0 Å². The molecule has 27 heavy (non-hydrogen) atoms. The number of ether oxygens (including phenoxy) is 1. The first-order chi connectivity index (χ1) is 12.8. The zero-order chi connectivity index (χ0) is 19.6. The molecule has 2 N–H and O–H groups in total. The maximum atomic E-state index is 12.9. The molecule has 2 aromatic rings. The molecular weight excluding hydrogens is 375 g/mol. The van der Waals surface area contributed by atoms with E-state index in [0.717, 1.165) is 0 Å². The quantitative estimate of drug-likeness (QED) is 0.807. The van der Waals surface area contributed by atoms with Gasteiger partial charge in [-0.1, -0.05) is 0 Å². The predicted octanol–water partition coefficient (Wildman–Crippen LogP) is 2.22. The third kappa shape index (κ3) is 4.25. The number of likely N-dealkylation sites (tertiary alicyclic amines) is 1. The van der Waals surface area contributed by atoms with Crippen LogP contribution in [-0.4, -0.2) is 50.7 Å². The average molecular weight is 394 g/mol. The van der Waals surface area contributed by atoms with Crippen LogP contribution in [0.4, 0.5) is 4.39 Å². The number of hydrogen-bond acceptors (Lipinski definition) is 6. The Hall–Kier alpha value is -2.52. The molecule has 2 heterocycles. The predicted molar refractivity (Wildman–Crippen MR) is 95.3 cm³/mol. The normalized spacial score (nSPS) is 16.2. The number of aryl methyl sites for hydroxylation is 1. The van der Waals surface area contributed by atoms with Crippen LogP contribution < -0.4 is 4.74 Å². The lowest BCUT2D eigenvalue weighted by Crippen LogP contribution is -2.50. The Balaban J connectivity index is 1.63. The average Bonchev–Trinajstić information content (AvgIpc) is 3.02. The fourth-order valence-electron chi connectivity index (χ4n) is 2.83. The number of rotatable bonds is 5. The van der Waals surface area contributed by atoms with Crippen LogP contribution in [0.1, 0.15) is 33.2 Å². The third-order valence-corrected chi connectivity index (χ3v) is 5.61. The van der Waals surface area contributed by atoms with E-state index in [1.165, 1.54) is 40.5 Å². The van der Waals surface area contributed by atoms with Gasteiger partial charge in [-0.2, -0.15) is 0 Å². The molecule has 0 spiro atoms. The fourth-order valence-corrected chi connectivity index (χ4v) is 3.77. The molecular formula is C18H19FN2O5S. The SMILES string of the molecule is Cc1nc(COc2ccc(F)cc2)sc1C(=O)N1CCC(O)(C(=O)O)CC1. The van der Waals surface area contributed by atoms with Crippen molar-refractivity contribution in [2.24, 2.45) is 0 Å². The van der Waals surface area contributed by atoms with Crippen LogP contribution in [0.25, 0.3) is 0 Å². The molecule has 1 fully saturated rings. The van der Waals surface area contributed by atoms with Crippen molar-refractivity contribution in [2.45, 2.75) is 32.0 Å². The highest BCUT2D eigenvalue weighted by Crippen LogP contribution is 2.27. The third-order valence-electron chi connectivity index (χ3n) is 4.49. The summed E-state index contributed by atoms with van der Waals surface area (Å²) >= 11 is 1.21. The number of amides is 1. The van der Waals surface area contributed by atoms with Crippen LogP contribution in [-0.2, 0) is 11.4 Å². The number of nitrogens with zero attached hydrogens (tertiary/aromatic N) is 2. The molecule has 0 aliphatic carbocycles. The van der Waals surface area contributed by atoms with Gasteiger partial charge in [0.15, 0.2) is 5.60 Å². The van der Waals surface area contributed by atoms with Gasteiger partial charge >= 0.3 is 5.97 Å². The standard InChI is InChI=1S/C18H19FN2O5S/c1-11-15(16(22)21-8-6-18(25,7-9-21)17(23)24)27-14(20-11)10-26-13-4-2-12(19)3-5-13/h2-5,25H,6-10H2,1H3,(H,23,24). The van der Waals surface area contributed by atoms with E-state index in [1.807, 2.05) is 0 Å². The summed E-state index contributed by atoms with van der Waals surface area (Å²) in [6, 6.07) is 5.62. The molecule has 0 saturated carbocycles. The molecule has 1 aromatic carbocycles. The van der Waals surface area contributed by atoms with E-state index in [4.69, 9.17) is 9.84 Å². The number of carboxylic acid groups (broad SMARTS) is 1. The van der Waals surface area contributed by atoms with Crippen molar-refractivity contribution in [2.75, 3.05) is 13.1 Å². The number of benzene rings is 1. The molecule has 1 saturated heterocycles. The van der Waals surface area contributed by atoms with E-state index < -0.39 is 11.6 Å². The van der Waals surface area contributed by atoms with E-state index in [1.54, 1.807) is 6.92 Å². The van der Waals surface area contributed by atoms with Gasteiger partial charge in [0.25, 0.3) is 5.91 Å². The second-order valence-electron chi connectivity index (χ2n) is 6.39. The first kappa shape index (κ1) is 19.2. The molecule has 144 valence electrons. The number of carboxylic acids is 1. The van der Waals surface area contributed by atoms with Crippen molar-refractivity contribution in [1.82, 2.24) is 9.88 Å². The first-order valence-corrected chi connectivity index (χ1v) is 9.20. The number of halogens is 1. The van der Waals surface area contributed by atoms with Crippen LogP contribution >= 0.6 is 11.3 Å². The summed E-state index contributed by atoms with van der Waals surface area (Å²) in [6.45, 7) is 2.21. The zero-order valence-corrected chi connectivity index (χ0v) is 15.5. The Labute approximate surface area is 159 Å². The summed E-state index contributed by atoms with van der Waals surface area (Å²) in [5.41, 5.74) is -1.20. The van der Waals surface area contributed by atoms with Crippen LogP contribution in [0.3, 0.4) is 0 Å². The highest BCUT2D eigenvalue weighted by Gasteiger charge is 2.40. The van der Waals surface area contributed by atoms with E-state index >= 15 is 0 Å². The monoisotopic (exact) mass is 394 g/mol. The maximum absolute atomic E-state index is 12.9. The Morgan fingerprint density at radius 3 is 2.52 bits per heavy atom. The summed E-state index contributed by atoms with van der Waals surface area (Å²) in [6.07, 6.45) is -0.0150. The lowest BCUT2D eigenvalue weighted by atomic mass is 9.91. The second-order valence-corrected chi connectivity index (χ2v) is 7.48. The number of aliphatic hydroxyl groups is 1. The van der Waals surface area contributed by atoms with Crippen molar-refractivity contribution in [1.29, 1.82) is 0 Å². The highest BCUT2D eigenvalue weighted by molar-refractivity contribution is 7.13. The molecule has 0 atom stereocenters. The van der Waals surface area contributed by atoms with Gasteiger partial charge in [-0.15, -0.1) is 11.3 Å². The minimum Gasteiger partial charge on any atom is -0.486 e. The smallest absolute Gasteiger partial charge is 0.335 e. The van der Waals surface area contributed by atoms with Gasteiger partial charge in [0.05, 0.1) is 5.69 Å². The number of carbonyl (C=O) groups is 2. The van der Waals surface area contributed by atoms with Crippen LogP contribution in [0, 0.1) is 12.7 Å². The second kappa shape index (κ2) is 7.61. The lowest BCUT2D eigenvalue weighted by Gasteiger charge is -2.35. The number of hydrogen-bond donors (Lipinski definition) is 2. The Kier molecular flexibility index (Phi) is 5.43.